The van der Waals surface area contributed by atoms with Gasteiger partial charge in [0, 0.05) is 6.07 Å². The number of hydrogen-bond acceptors (Lipinski definition) is 3. The lowest BCUT2D eigenvalue weighted by Gasteiger charge is -2.06. The lowest BCUT2D eigenvalue weighted by atomic mass is 10.3. The van der Waals surface area contributed by atoms with E-state index >= 15 is 0 Å². The zero-order valence-corrected chi connectivity index (χ0v) is 10.7. The third-order valence-electron chi connectivity index (χ3n) is 2.03. The molecule has 17 heavy (non-hydrogen) atoms. The Kier molecular flexibility index (Phi) is 3.40. The maximum absolute atomic E-state index is 10.6. The standard InChI is InChI=1S/C11H7BrClNO3/c12-10-6(13)2-1-3-7(10)14-9-5-4-8(17-9)11(15)16/h1-5,14H,(H,15,16). The smallest absolute Gasteiger partial charge is 0.371 e. The Balaban J connectivity index is 2.25. The van der Waals surface area contributed by atoms with E-state index in [4.69, 9.17) is 21.1 Å². The third-order valence-corrected chi connectivity index (χ3v) is 3.42. The first-order valence-electron chi connectivity index (χ1n) is 4.62. The first-order chi connectivity index (χ1) is 8.08. The maximum atomic E-state index is 10.6. The van der Waals surface area contributed by atoms with Gasteiger partial charge < -0.3 is 14.8 Å². The molecular formula is C11H7BrClNO3. The number of hydrogen-bond donors (Lipinski definition) is 2. The van der Waals surface area contributed by atoms with Crippen molar-refractivity contribution in [1.29, 1.82) is 0 Å². The summed E-state index contributed by atoms with van der Waals surface area (Å²) in [5, 5.41) is 12.2. The lowest BCUT2D eigenvalue weighted by Crippen LogP contribution is -1.93. The summed E-state index contributed by atoms with van der Waals surface area (Å²) in [6.45, 7) is 0. The van der Waals surface area contributed by atoms with E-state index in [1.165, 1.54) is 12.1 Å². The SMILES string of the molecule is O=C(O)c1ccc(Nc2cccc(Cl)c2Br)o1. The quantitative estimate of drug-likeness (QED) is 0.893. The van der Waals surface area contributed by atoms with Gasteiger partial charge in [0.05, 0.1) is 15.2 Å². The minimum absolute atomic E-state index is 0.120. The van der Waals surface area contributed by atoms with Crippen LogP contribution in [0.15, 0.2) is 39.2 Å². The monoisotopic (exact) mass is 315 g/mol. The first kappa shape index (κ1) is 12.0. The van der Waals surface area contributed by atoms with Crippen LogP contribution in [0.2, 0.25) is 5.02 Å². The van der Waals surface area contributed by atoms with Crippen molar-refractivity contribution in [3.8, 4) is 0 Å². The molecule has 4 nitrogen and oxygen atoms in total. The fourth-order valence-corrected chi connectivity index (χ4v) is 1.79. The number of furan rings is 1. The summed E-state index contributed by atoms with van der Waals surface area (Å²) in [6.07, 6.45) is 0. The van der Waals surface area contributed by atoms with Gasteiger partial charge in [0.2, 0.25) is 5.76 Å². The van der Waals surface area contributed by atoms with Gasteiger partial charge in [-0.25, -0.2) is 4.79 Å². The molecule has 2 aromatic rings. The van der Waals surface area contributed by atoms with Gasteiger partial charge in [-0.3, -0.25) is 0 Å². The van der Waals surface area contributed by atoms with Gasteiger partial charge in [0.25, 0.3) is 0 Å². The van der Waals surface area contributed by atoms with Crippen LogP contribution in [0.3, 0.4) is 0 Å². The van der Waals surface area contributed by atoms with Gasteiger partial charge >= 0.3 is 5.97 Å². The molecule has 0 atom stereocenters. The van der Waals surface area contributed by atoms with Crippen LogP contribution in [0.25, 0.3) is 0 Å². The molecule has 1 aromatic heterocycles. The van der Waals surface area contributed by atoms with Crippen LogP contribution in [0.4, 0.5) is 11.6 Å². The van der Waals surface area contributed by atoms with E-state index < -0.39 is 5.97 Å². The fourth-order valence-electron chi connectivity index (χ4n) is 1.25. The fraction of sp³-hybridized carbons (Fsp3) is 0. The minimum atomic E-state index is -1.11. The Hall–Kier alpha value is -1.46. The van der Waals surface area contributed by atoms with E-state index in [1.54, 1.807) is 18.2 Å². The van der Waals surface area contributed by atoms with E-state index in [9.17, 15) is 4.79 Å². The Bertz CT molecular complexity index is 568. The molecule has 0 spiro atoms. The number of rotatable bonds is 3. The average molecular weight is 317 g/mol. The van der Waals surface area contributed by atoms with Gasteiger partial charge in [0.1, 0.15) is 0 Å². The van der Waals surface area contributed by atoms with Crippen LogP contribution in [-0.2, 0) is 0 Å². The second-order valence-electron chi connectivity index (χ2n) is 3.20. The zero-order valence-electron chi connectivity index (χ0n) is 8.41. The highest BCUT2D eigenvalue weighted by molar-refractivity contribution is 9.10. The van der Waals surface area contributed by atoms with Gasteiger partial charge in [0.15, 0.2) is 5.88 Å². The van der Waals surface area contributed by atoms with Crippen molar-refractivity contribution >= 4 is 45.1 Å². The summed E-state index contributed by atoms with van der Waals surface area (Å²) < 4.78 is 5.76. The Morgan fingerprint density at radius 3 is 2.76 bits per heavy atom. The molecule has 1 aromatic carbocycles. The molecule has 6 heteroatoms. The highest BCUT2D eigenvalue weighted by Crippen LogP contribution is 2.32. The maximum Gasteiger partial charge on any atom is 0.371 e. The Morgan fingerprint density at radius 1 is 1.35 bits per heavy atom. The molecule has 0 saturated heterocycles. The summed E-state index contributed by atoms with van der Waals surface area (Å²) >= 11 is 9.25. The van der Waals surface area contributed by atoms with E-state index in [1.807, 2.05) is 0 Å². The molecule has 2 N–H and O–H groups in total. The number of carboxylic acids is 1. The summed E-state index contributed by atoms with van der Waals surface area (Å²) in [5.74, 6) is -0.890. The molecule has 2 rings (SSSR count). The average Bonchev–Trinajstić information content (AvgIpc) is 2.73. The summed E-state index contributed by atoms with van der Waals surface area (Å²) in [5.41, 5.74) is 0.698. The summed E-state index contributed by atoms with van der Waals surface area (Å²) in [6, 6.07) is 8.22. The van der Waals surface area contributed by atoms with E-state index in [2.05, 4.69) is 21.2 Å². The number of anilines is 2. The summed E-state index contributed by atoms with van der Waals surface area (Å²) in [4.78, 5) is 10.6. The third kappa shape index (κ3) is 2.62. The number of carboxylic acid groups (broad SMARTS) is 1. The number of benzene rings is 1. The van der Waals surface area contributed by atoms with Gasteiger partial charge in [-0.1, -0.05) is 17.7 Å². The molecular weight excluding hydrogens is 309 g/mol. The van der Waals surface area contributed by atoms with E-state index in [0.29, 0.717) is 21.1 Å². The number of halogens is 2. The van der Waals surface area contributed by atoms with Crippen LogP contribution >= 0.6 is 27.5 Å². The molecule has 0 aliphatic heterocycles. The molecule has 0 saturated carbocycles. The number of nitrogens with one attached hydrogen (secondary N) is 1. The van der Waals surface area contributed by atoms with Crippen molar-refractivity contribution in [2.45, 2.75) is 0 Å². The van der Waals surface area contributed by atoms with Gasteiger partial charge in [-0.15, -0.1) is 0 Å². The topological polar surface area (TPSA) is 62.5 Å². The van der Waals surface area contributed by atoms with E-state index in [0.717, 1.165) is 0 Å². The molecule has 0 aliphatic carbocycles. The molecule has 0 amide bonds. The second-order valence-corrected chi connectivity index (χ2v) is 4.40. The minimum Gasteiger partial charge on any atom is -0.475 e. The molecule has 0 aliphatic rings. The normalized spacial score (nSPS) is 10.2. The largest absolute Gasteiger partial charge is 0.475 e. The van der Waals surface area contributed by atoms with Crippen molar-refractivity contribution in [1.82, 2.24) is 0 Å². The molecule has 0 bridgehead atoms. The van der Waals surface area contributed by atoms with Crippen molar-refractivity contribution in [3.63, 3.8) is 0 Å². The van der Waals surface area contributed by atoms with Crippen LogP contribution in [0.1, 0.15) is 10.6 Å². The van der Waals surface area contributed by atoms with Crippen LogP contribution in [-0.4, -0.2) is 11.1 Å². The van der Waals surface area contributed by atoms with Gasteiger partial charge in [-0.05, 0) is 34.1 Å². The Labute approximate surface area is 110 Å². The predicted molar refractivity (Wildman–Crippen MR) is 68.1 cm³/mol. The lowest BCUT2D eigenvalue weighted by molar-refractivity contribution is 0.0663. The van der Waals surface area contributed by atoms with Crippen molar-refractivity contribution < 1.29 is 14.3 Å². The first-order valence-corrected chi connectivity index (χ1v) is 5.79. The molecule has 88 valence electrons. The molecule has 0 unspecified atom stereocenters. The number of carbonyl (C=O) groups is 1. The van der Waals surface area contributed by atoms with Crippen LogP contribution in [0.5, 0.6) is 0 Å². The highest BCUT2D eigenvalue weighted by Gasteiger charge is 2.10. The molecule has 0 fully saturated rings. The van der Waals surface area contributed by atoms with Crippen molar-refractivity contribution in [2.24, 2.45) is 0 Å². The second kappa shape index (κ2) is 4.81. The summed E-state index contributed by atoms with van der Waals surface area (Å²) in [7, 11) is 0. The van der Waals surface area contributed by atoms with Crippen molar-refractivity contribution in [2.75, 3.05) is 5.32 Å². The Morgan fingerprint density at radius 2 is 2.12 bits per heavy atom. The van der Waals surface area contributed by atoms with Crippen LogP contribution < -0.4 is 5.32 Å². The zero-order chi connectivity index (χ0) is 12.4. The molecule has 0 radical (unpaired) electrons. The molecule has 1 heterocycles. The number of aromatic carboxylic acids is 1. The van der Waals surface area contributed by atoms with E-state index in [-0.39, 0.29) is 5.76 Å². The van der Waals surface area contributed by atoms with Crippen molar-refractivity contribution in [3.05, 3.63) is 45.6 Å². The van der Waals surface area contributed by atoms with Crippen LogP contribution in [0, 0.1) is 0 Å². The van der Waals surface area contributed by atoms with Gasteiger partial charge in [-0.2, -0.15) is 0 Å². The predicted octanol–water partition coefficient (Wildman–Crippen LogP) is 4.14. The highest BCUT2D eigenvalue weighted by atomic mass is 79.9.